The zero-order valence-corrected chi connectivity index (χ0v) is 14.5. The number of benzene rings is 2. The zero-order chi connectivity index (χ0) is 20.7. The lowest BCUT2D eigenvalue weighted by Gasteiger charge is -2.31. The quantitative estimate of drug-likeness (QED) is 0.638. The molecule has 0 aromatic heterocycles. The fraction of sp³-hybridized carbons (Fsp3) is 0.222. The van der Waals surface area contributed by atoms with E-state index in [4.69, 9.17) is 0 Å². The van der Waals surface area contributed by atoms with E-state index in [0.29, 0.717) is 10.6 Å². The molecule has 1 aliphatic rings. The summed E-state index contributed by atoms with van der Waals surface area (Å²) in [6, 6.07) is 10.5. The van der Waals surface area contributed by atoms with E-state index in [0.717, 1.165) is 12.1 Å². The second-order valence-corrected chi connectivity index (χ2v) is 6.33. The molecule has 0 spiro atoms. The summed E-state index contributed by atoms with van der Waals surface area (Å²) in [5.74, 6) is -0.961. The Kier molecular flexibility index (Phi) is 4.67. The normalized spacial score (nSPS) is 19.5. The van der Waals surface area contributed by atoms with Gasteiger partial charge in [0.15, 0.2) is 5.72 Å². The van der Waals surface area contributed by atoms with Crippen LogP contribution >= 0.6 is 0 Å². The highest BCUT2D eigenvalue weighted by atomic mass is 19.4. The van der Waals surface area contributed by atoms with E-state index >= 15 is 0 Å². The number of aliphatic hydroxyl groups is 1. The number of nitro groups is 1. The summed E-state index contributed by atoms with van der Waals surface area (Å²) in [7, 11) is 0. The van der Waals surface area contributed by atoms with Crippen LogP contribution in [-0.4, -0.2) is 32.8 Å². The largest absolute Gasteiger partial charge is 0.431 e. The van der Waals surface area contributed by atoms with E-state index in [1.165, 1.54) is 24.3 Å². The minimum Gasteiger partial charge on any atom is -0.365 e. The molecule has 0 bridgehead atoms. The highest BCUT2D eigenvalue weighted by molar-refractivity contribution is 6.00. The number of nitrogens with zero attached hydrogens (tertiary/aromatic N) is 3. The average molecular weight is 393 g/mol. The molecule has 1 atom stereocenters. The summed E-state index contributed by atoms with van der Waals surface area (Å²) in [5, 5.41) is 25.7. The monoisotopic (exact) mass is 393 g/mol. The Morgan fingerprint density at radius 3 is 2.54 bits per heavy atom. The van der Waals surface area contributed by atoms with Gasteiger partial charge in [-0.3, -0.25) is 14.9 Å². The van der Waals surface area contributed by atoms with Crippen LogP contribution in [0, 0.1) is 17.0 Å². The molecule has 0 saturated heterocycles. The van der Waals surface area contributed by atoms with Crippen LogP contribution in [0.3, 0.4) is 0 Å². The molecular formula is C18H14F3N3O4. The van der Waals surface area contributed by atoms with Crippen molar-refractivity contribution in [3.05, 3.63) is 75.3 Å². The van der Waals surface area contributed by atoms with Crippen molar-refractivity contribution in [3.8, 4) is 0 Å². The van der Waals surface area contributed by atoms with Gasteiger partial charge in [0.2, 0.25) is 0 Å². The van der Waals surface area contributed by atoms with Crippen LogP contribution in [0.5, 0.6) is 0 Å². The minimum absolute atomic E-state index is 0.0241. The number of carbonyl (C=O) groups is 1. The molecule has 0 fully saturated rings. The minimum atomic E-state index is -4.88. The van der Waals surface area contributed by atoms with Gasteiger partial charge in [-0.25, -0.2) is 0 Å². The molecule has 0 saturated carbocycles. The SMILES string of the molecule is Cc1cccc(C(=O)N2N=C(C(F)(F)F)C[C@]2(O)c2cccc([N+](=O)[O-])c2)c1. The molecule has 0 aliphatic carbocycles. The van der Waals surface area contributed by atoms with Gasteiger partial charge in [0, 0.05) is 23.3 Å². The lowest BCUT2D eigenvalue weighted by Crippen LogP contribution is -2.43. The Morgan fingerprint density at radius 1 is 1.25 bits per heavy atom. The molecule has 0 radical (unpaired) electrons. The maximum Gasteiger partial charge on any atom is 0.431 e. The zero-order valence-electron chi connectivity index (χ0n) is 14.5. The van der Waals surface area contributed by atoms with Gasteiger partial charge in [-0.05, 0) is 19.1 Å². The number of rotatable bonds is 3. The molecule has 1 amide bonds. The van der Waals surface area contributed by atoms with Gasteiger partial charge in [-0.2, -0.15) is 23.3 Å². The van der Waals surface area contributed by atoms with Crippen LogP contribution < -0.4 is 0 Å². The number of hydrogen-bond donors (Lipinski definition) is 1. The molecule has 1 N–H and O–H groups in total. The van der Waals surface area contributed by atoms with E-state index in [1.807, 2.05) is 0 Å². The molecule has 1 aliphatic heterocycles. The Morgan fingerprint density at radius 2 is 1.93 bits per heavy atom. The van der Waals surface area contributed by atoms with Crippen molar-refractivity contribution < 1.29 is 28.0 Å². The molecule has 10 heteroatoms. The predicted octanol–water partition coefficient (Wildman–Crippen LogP) is 3.51. The highest BCUT2D eigenvalue weighted by Gasteiger charge is 2.53. The molecule has 28 heavy (non-hydrogen) atoms. The number of halogens is 3. The maximum absolute atomic E-state index is 13.2. The molecule has 0 unspecified atom stereocenters. The summed E-state index contributed by atoms with van der Waals surface area (Å²) >= 11 is 0. The summed E-state index contributed by atoms with van der Waals surface area (Å²) in [6.07, 6.45) is -5.93. The fourth-order valence-corrected chi connectivity index (χ4v) is 2.91. The molecule has 2 aromatic rings. The van der Waals surface area contributed by atoms with Crippen LogP contribution in [0.2, 0.25) is 0 Å². The predicted molar refractivity (Wildman–Crippen MR) is 92.4 cm³/mol. The number of non-ortho nitro benzene ring substituents is 1. The highest BCUT2D eigenvalue weighted by Crippen LogP contribution is 2.41. The van der Waals surface area contributed by atoms with Crippen molar-refractivity contribution in [1.82, 2.24) is 5.01 Å². The summed E-state index contributed by atoms with van der Waals surface area (Å²) in [5.41, 5.74) is -3.85. The number of hydrazone groups is 1. The fourth-order valence-electron chi connectivity index (χ4n) is 2.91. The van der Waals surface area contributed by atoms with Gasteiger partial charge in [-0.15, -0.1) is 0 Å². The second kappa shape index (κ2) is 6.71. The van der Waals surface area contributed by atoms with Crippen molar-refractivity contribution in [1.29, 1.82) is 0 Å². The first-order valence-electron chi connectivity index (χ1n) is 8.05. The van der Waals surface area contributed by atoms with Gasteiger partial charge < -0.3 is 5.11 Å². The Balaban J connectivity index is 2.12. The molecule has 1 heterocycles. The number of hydrogen-bond acceptors (Lipinski definition) is 5. The third-order valence-electron chi connectivity index (χ3n) is 4.29. The maximum atomic E-state index is 13.2. The number of alkyl halides is 3. The lowest BCUT2D eigenvalue weighted by molar-refractivity contribution is -0.385. The van der Waals surface area contributed by atoms with E-state index in [9.17, 15) is 33.2 Å². The summed E-state index contributed by atoms with van der Waals surface area (Å²) in [6.45, 7) is 1.69. The smallest absolute Gasteiger partial charge is 0.365 e. The van der Waals surface area contributed by atoms with Gasteiger partial charge in [0.25, 0.3) is 11.6 Å². The summed E-state index contributed by atoms with van der Waals surface area (Å²) < 4.78 is 39.7. The van der Waals surface area contributed by atoms with E-state index in [2.05, 4.69) is 5.10 Å². The Bertz CT molecular complexity index is 990. The van der Waals surface area contributed by atoms with Crippen LogP contribution in [0.1, 0.15) is 27.9 Å². The Hall–Kier alpha value is -3.27. The molecule has 2 aromatic carbocycles. The van der Waals surface area contributed by atoms with Crippen LogP contribution in [-0.2, 0) is 5.72 Å². The van der Waals surface area contributed by atoms with E-state index < -0.39 is 40.6 Å². The third-order valence-corrected chi connectivity index (χ3v) is 4.29. The van der Waals surface area contributed by atoms with Gasteiger partial charge in [-0.1, -0.05) is 29.8 Å². The second-order valence-electron chi connectivity index (χ2n) is 6.33. The third kappa shape index (κ3) is 3.46. The Labute approximate surface area is 156 Å². The van der Waals surface area contributed by atoms with Crippen molar-refractivity contribution in [2.45, 2.75) is 25.2 Å². The number of amides is 1. The number of carbonyl (C=O) groups excluding carboxylic acids is 1. The lowest BCUT2D eigenvalue weighted by atomic mass is 9.96. The van der Waals surface area contributed by atoms with E-state index in [1.54, 1.807) is 19.1 Å². The van der Waals surface area contributed by atoms with Crippen LogP contribution in [0.4, 0.5) is 18.9 Å². The standard InChI is InChI=1S/C18H14F3N3O4/c1-11-4-2-5-12(8-11)16(25)23-17(26,10-15(22-23)18(19,20)21)13-6-3-7-14(9-13)24(27)28/h2-9,26H,10H2,1H3/t17-/m0/s1. The molecule has 146 valence electrons. The first kappa shape index (κ1) is 19.5. The van der Waals surface area contributed by atoms with Gasteiger partial charge in [0.1, 0.15) is 5.71 Å². The molecular weight excluding hydrogens is 379 g/mol. The summed E-state index contributed by atoms with van der Waals surface area (Å²) in [4.78, 5) is 23.1. The first-order valence-corrected chi connectivity index (χ1v) is 8.05. The molecule has 7 nitrogen and oxygen atoms in total. The first-order chi connectivity index (χ1) is 13.0. The molecule has 3 rings (SSSR count). The van der Waals surface area contributed by atoms with Crippen molar-refractivity contribution in [2.75, 3.05) is 0 Å². The average Bonchev–Trinajstić information content (AvgIpc) is 3.00. The topological polar surface area (TPSA) is 96.0 Å². The van der Waals surface area contributed by atoms with Crippen LogP contribution in [0.25, 0.3) is 0 Å². The van der Waals surface area contributed by atoms with Gasteiger partial charge in [0.05, 0.1) is 11.3 Å². The van der Waals surface area contributed by atoms with Gasteiger partial charge >= 0.3 is 6.18 Å². The van der Waals surface area contributed by atoms with E-state index in [-0.39, 0.29) is 11.1 Å². The number of nitro benzene ring substituents is 1. The van der Waals surface area contributed by atoms with Crippen molar-refractivity contribution >= 4 is 17.3 Å². The van der Waals surface area contributed by atoms with Crippen LogP contribution in [0.15, 0.2) is 53.6 Å². The number of aryl methyl sites for hydroxylation is 1. The van der Waals surface area contributed by atoms with Crippen molar-refractivity contribution in [2.24, 2.45) is 5.10 Å². The van der Waals surface area contributed by atoms with Crippen molar-refractivity contribution in [3.63, 3.8) is 0 Å².